The van der Waals surface area contributed by atoms with E-state index in [0.29, 0.717) is 32.5 Å². The van der Waals surface area contributed by atoms with E-state index in [0.717, 1.165) is 25.9 Å². The van der Waals surface area contributed by atoms with Crippen LogP contribution in [0.15, 0.2) is 0 Å². The van der Waals surface area contributed by atoms with Crippen molar-refractivity contribution < 1.29 is 24.2 Å². The van der Waals surface area contributed by atoms with E-state index in [1.807, 2.05) is 0 Å². The van der Waals surface area contributed by atoms with E-state index < -0.39 is 12.1 Å². The first-order chi connectivity index (χ1) is 10.1. The Morgan fingerprint density at radius 2 is 2.00 bits per heavy atom. The molecule has 1 N–H and O–H groups in total. The van der Waals surface area contributed by atoms with Crippen molar-refractivity contribution in [2.24, 2.45) is 5.92 Å². The van der Waals surface area contributed by atoms with Gasteiger partial charge in [0, 0.05) is 19.7 Å². The van der Waals surface area contributed by atoms with Crippen LogP contribution in [0.2, 0.25) is 0 Å². The van der Waals surface area contributed by atoms with Gasteiger partial charge in [0.25, 0.3) is 5.91 Å². The van der Waals surface area contributed by atoms with Gasteiger partial charge in [-0.3, -0.25) is 9.59 Å². The van der Waals surface area contributed by atoms with Crippen LogP contribution >= 0.6 is 0 Å². The average molecular weight is 299 g/mol. The Labute approximate surface area is 125 Å². The topological polar surface area (TPSA) is 76.1 Å². The third-order valence-electron chi connectivity index (χ3n) is 4.31. The zero-order chi connectivity index (χ0) is 15.2. The quantitative estimate of drug-likeness (QED) is 0.827. The largest absolute Gasteiger partial charge is 0.481 e. The van der Waals surface area contributed by atoms with Gasteiger partial charge in [-0.05, 0) is 39.0 Å². The summed E-state index contributed by atoms with van der Waals surface area (Å²) in [4.78, 5) is 24.9. The molecule has 0 bridgehead atoms. The Kier molecular flexibility index (Phi) is 5.99. The zero-order valence-electron chi connectivity index (χ0n) is 12.6. The van der Waals surface area contributed by atoms with E-state index in [1.54, 1.807) is 11.8 Å². The fourth-order valence-electron chi connectivity index (χ4n) is 2.87. The Morgan fingerprint density at radius 3 is 2.57 bits per heavy atom. The highest BCUT2D eigenvalue weighted by molar-refractivity contribution is 5.81. The van der Waals surface area contributed by atoms with Crippen LogP contribution in [0.25, 0.3) is 0 Å². The molecule has 6 nitrogen and oxygen atoms in total. The van der Waals surface area contributed by atoms with Crippen molar-refractivity contribution in [2.45, 2.75) is 51.2 Å². The first-order valence-corrected chi connectivity index (χ1v) is 7.82. The monoisotopic (exact) mass is 299 g/mol. The van der Waals surface area contributed by atoms with Crippen LogP contribution in [-0.4, -0.2) is 60.4 Å². The molecule has 0 aromatic carbocycles. The second kappa shape index (κ2) is 7.75. The number of carbonyl (C=O) groups is 2. The number of likely N-dealkylation sites (tertiary alicyclic amines) is 1. The van der Waals surface area contributed by atoms with Crippen LogP contribution in [0.4, 0.5) is 0 Å². The Hall–Kier alpha value is -1.14. The molecule has 0 spiro atoms. The van der Waals surface area contributed by atoms with Gasteiger partial charge >= 0.3 is 5.97 Å². The number of carboxylic acids is 1. The van der Waals surface area contributed by atoms with E-state index in [1.165, 1.54) is 0 Å². The Morgan fingerprint density at radius 1 is 1.29 bits per heavy atom. The van der Waals surface area contributed by atoms with Gasteiger partial charge in [0.2, 0.25) is 0 Å². The minimum atomic E-state index is -0.763. The third kappa shape index (κ3) is 4.68. The molecular weight excluding hydrogens is 274 g/mol. The lowest BCUT2D eigenvalue weighted by Crippen LogP contribution is -2.45. The summed E-state index contributed by atoms with van der Waals surface area (Å²) in [6.45, 7) is 4.00. The predicted octanol–water partition coefficient (Wildman–Crippen LogP) is 1.28. The number of nitrogens with zero attached hydrogens (tertiary/aromatic N) is 1. The molecule has 0 aromatic heterocycles. The van der Waals surface area contributed by atoms with Crippen molar-refractivity contribution in [2.75, 3.05) is 26.3 Å². The summed E-state index contributed by atoms with van der Waals surface area (Å²) in [5.41, 5.74) is 0. The normalized spacial score (nSPS) is 25.6. The summed E-state index contributed by atoms with van der Waals surface area (Å²) in [6.07, 6.45) is 3.91. The number of piperidine rings is 1. The van der Waals surface area contributed by atoms with E-state index in [9.17, 15) is 9.59 Å². The van der Waals surface area contributed by atoms with Gasteiger partial charge < -0.3 is 19.5 Å². The smallest absolute Gasteiger partial charge is 0.306 e. The van der Waals surface area contributed by atoms with Gasteiger partial charge in [0.15, 0.2) is 0 Å². The van der Waals surface area contributed by atoms with Crippen LogP contribution in [0.1, 0.15) is 39.0 Å². The molecule has 2 saturated heterocycles. The average Bonchev–Trinajstić information content (AvgIpc) is 2.53. The third-order valence-corrected chi connectivity index (χ3v) is 4.31. The lowest BCUT2D eigenvalue weighted by molar-refractivity contribution is -0.151. The van der Waals surface area contributed by atoms with E-state index in [2.05, 4.69) is 0 Å². The molecule has 2 aliphatic rings. The van der Waals surface area contributed by atoms with E-state index in [-0.39, 0.29) is 17.9 Å². The second-order valence-corrected chi connectivity index (χ2v) is 5.90. The maximum atomic E-state index is 12.3. The molecule has 2 aliphatic heterocycles. The highest BCUT2D eigenvalue weighted by Crippen LogP contribution is 2.19. The minimum Gasteiger partial charge on any atom is -0.481 e. The summed E-state index contributed by atoms with van der Waals surface area (Å²) in [7, 11) is 0. The first-order valence-electron chi connectivity index (χ1n) is 7.82. The van der Waals surface area contributed by atoms with Crippen molar-refractivity contribution in [1.29, 1.82) is 0 Å². The maximum Gasteiger partial charge on any atom is 0.306 e. The number of carboxylic acid groups (broad SMARTS) is 1. The molecule has 2 fully saturated rings. The molecule has 120 valence electrons. The van der Waals surface area contributed by atoms with Gasteiger partial charge in [-0.25, -0.2) is 0 Å². The van der Waals surface area contributed by atoms with Gasteiger partial charge in [-0.2, -0.15) is 0 Å². The number of amides is 1. The SMILES string of the molecule is CC(OCC1CCCCO1)C(=O)N1CCC(C(=O)O)CC1. The molecule has 1 amide bonds. The van der Waals surface area contributed by atoms with Crippen molar-refractivity contribution in [3.63, 3.8) is 0 Å². The number of rotatable bonds is 5. The Balaban J connectivity index is 1.71. The fraction of sp³-hybridized carbons (Fsp3) is 0.867. The minimum absolute atomic E-state index is 0.0466. The van der Waals surface area contributed by atoms with E-state index >= 15 is 0 Å². The van der Waals surface area contributed by atoms with Gasteiger partial charge in [-0.15, -0.1) is 0 Å². The molecule has 6 heteroatoms. The van der Waals surface area contributed by atoms with Gasteiger partial charge in [-0.1, -0.05) is 0 Å². The van der Waals surface area contributed by atoms with Crippen LogP contribution in [0, 0.1) is 5.92 Å². The van der Waals surface area contributed by atoms with Crippen molar-refractivity contribution in [1.82, 2.24) is 4.90 Å². The molecule has 0 saturated carbocycles. The summed E-state index contributed by atoms with van der Waals surface area (Å²) in [5, 5.41) is 8.96. The lowest BCUT2D eigenvalue weighted by atomic mass is 9.97. The molecule has 2 atom stereocenters. The predicted molar refractivity (Wildman–Crippen MR) is 75.9 cm³/mol. The molecule has 0 aliphatic carbocycles. The first kappa shape index (κ1) is 16.2. The highest BCUT2D eigenvalue weighted by atomic mass is 16.5. The number of hydrogen-bond acceptors (Lipinski definition) is 4. The summed E-state index contributed by atoms with van der Waals surface area (Å²) < 4.78 is 11.2. The zero-order valence-corrected chi connectivity index (χ0v) is 12.6. The van der Waals surface area contributed by atoms with Gasteiger partial charge in [0.05, 0.1) is 18.6 Å². The number of ether oxygens (including phenoxy) is 2. The molecule has 0 aromatic rings. The highest BCUT2D eigenvalue weighted by Gasteiger charge is 2.29. The van der Waals surface area contributed by atoms with Crippen molar-refractivity contribution in [3.05, 3.63) is 0 Å². The van der Waals surface area contributed by atoms with Gasteiger partial charge in [0.1, 0.15) is 6.10 Å². The summed E-state index contributed by atoms with van der Waals surface area (Å²) >= 11 is 0. The van der Waals surface area contributed by atoms with Crippen LogP contribution in [-0.2, 0) is 19.1 Å². The molecule has 2 heterocycles. The van der Waals surface area contributed by atoms with Crippen LogP contribution < -0.4 is 0 Å². The lowest BCUT2D eigenvalue weighted by Gasteiger charge is -2.32. The number of aliphatic carboxylic acids is 1. The van der Waals surface area contributed by atoms with E-state index in [4.69, 9.17) is 14.6 Å². The molecule has 21 heavy (non-hydrogen) atoms. The molecular formula is C15H25NO5. The summed E-state index contributed by atoms with van der Waals surface area (Å²) in [6, 6.07) is 0. The molecule has 2 unspecified atom stereocenters. The van der Waals surface area contributed by atoms with Crippen LogP contribution in [0.5, 0.6) is 0 Å². The standard InChI is InChI=1S/C15H25NO5/c1-11(21-10-13-4-2-3-9-20-13)14(17)16-7-5-12(6-8-16)15(18)19/h11-13H,2-10H2,1H3,(H,18,19). The second-order valence-electron chi connectivity index (χ2n) is 5.90. The fourth-order valence-corrected chi connectivity index (χ4v) is 2.87. The molecule has 0 radical (unpaired) electrons. The molecule has 2 rings (SSSR count). The van der Waals surface area contributed by atoms with Crippen LogP contribution in [0.3, 0.4) is 0 Å². The number of carbonyl (C=O) groups excluding carboxylic acids is 1. The summed E-state index contributed by atoms with van der Waals surface area (Å²) in [5.74, 6) is -1.13. The Bertz CT molecular complexity index is 359. The van der Waals surface area contributed by atoms with Crippen molar-refractivity contribution >= 4 is 11.9 Å². The maximum absolute atomic E-state index is 12.3. The number of hydrogen-bond donors (Lipinski definition) is 1. The van der Waals surface area contributed by atoms with Crippen molar-refractivity contribution in [3.8, 4) is 0 Å².